The number of hydrogen-bond donors (Lipinski definition) is 1. The van der Waals surface area contributed by atoms with Crippen LogP contribution in [0.2, 0.25) is 0 Å². The van der Waals surface area contributed by atoms with Crippen molar-refractivity contribution in [3.8, 4) is 11.1 Å². The van der Waals surface area contributed by atoms with Gasteiger partial charge in [-0.15, -0.1) is 0 Å². The van der Waals surface area contributed by atoms with Crippen LogP contribution >= 0.6 is 0 Å². The summed E-state index contributed by atoms with van der Waals surface area (Å²) in [6, 6.07) is 8.24. The highest BCUT2D eigenvalue weighted by Gasteiger charge is 2.45. The quantitative estimate of drug-likeness (QED) is 0.699. The molecule has 7 heteroatoms. The van der Waals surface area contributed by atoms with E-state index in [1.165, 1.54) is 6.42 Å². The van der Waals surface area contributed by atoms with E-state index in [-0.39, 0.29) is 5.91 Å². The number of nitrogens with zero attached hydrogens (tertiary/aromatic N) is 4. The highest BCUT2D eigenvalue weighted by Crippen LogP contribution is 2.35. The van der Waals surface area contributed by atoms with Gasteiger partial charge in [0.2, 0.25) is 5.91 Å². The minimum absolute atomic E-state index is 0.0735. The smallest absolute Gasteiger partial charge is 0.246 e. The minimum atomic E-state index is -0.448. The lowest BCUT2D eigenvalue weighted by Gasteiger charge is -2.46. The number of carbonyl (C=O) groups is 1. The predicted octanol–water partition coefficient (Wildman–Crippen LogP) is 3.61. The predicted molar refractivity (Wildman–Crippen MR) is 121 cm³/mol. The molecule has 2 aromatic heterocycles. The fourth-order valence-corrected chi connectivity index (χ4v) is 5.01. The number of ether oxygens (including phenoxy) is 1. The second-order valence-electron chi connectivity index (χ2n) is 8.68. The fourth-order valence-electron chi connectivity index (χ4n) is 5.01. The molecule has 2 aliphatic rings. The van der Waals surface area contributed by atoms with Gasteiger partial charge in [-0.05, 0) is 35.9 Å². The molecule has 0 atom stereocenters. The van der Waals surface area contributed by atoms with Gasteiger partial charge in [-0.25, -0.2) is 4.98 Å². The number of anilines is 1. The van der Waals surface area contributed by atoms with Crippen molar-refractivity contribution < 1.29 is 9.53 Å². The van der Waals surface area contributed by atoms with Gasteiger partial charge in [0.1, 0.15) is 11.4 Å². The van der Waals surface area contributed by atoms with Crippen molar-refractivity contribution in [2.75, 3.05) is 31.6 Å². The fraction of sp³-hybridized carbons (Fsp3) is 0.458. The average Bonchev–Trinajstić information content (AvgIpc) is 3.26. The first-order valence-electron chi connectivity index (χ1n) is 11.2. The molecule has 31 heavy (non-hydrogen) atoms. The van der Waals surface area contributed by atoms with Crippen molar-refractivity contribution in [1.29, 1.82) is 0 Å². The zero-order valence-electron chi connectivity index (χ0n) is 18.0. The van der Waals surface area contributed by atoms with Gasteiger partial charge in [0.05, 0.1) is 19.4 Å². The number of fused-ring (bicyclic) bond motifs is 1. The van der Waals surface area contributed by atoms with Crippen LogP contribution in [0.15, 0.2) is 42.9 Å². The van der Waals surface area contributed by atoms with Crippen molar-refractivity contribution in [2.24, 2.45) is 7.05 Å². The SMILES string of the molecule is Cn1cc(-c2ccc3cnc(NC(=O)C4(N5CCOCC5)CCCCC4)cc3c2)cn1. The third kappa shape index (κ3) is 3.95. The Labute approximate surface area is 182 Å². The van der Waals surface area contributed by atoms with Crippen molar-refractivity contribution >= 4 is 22.5 Å². The standard InChI is InChI=1S/C24H29N5O2/c1-28-17-21(16-26-28)18-5-6-19-15-25-22(14-20(19)13-18)27-23(30)24(7-3-2-4-8-24)29-9-11-31-12-10-29/h5-6,13-17H,2-4,7-12H2,1H3,(H,25,27,30). The highest BCUT2D eigenvalue weighted by atomic mass is 16.5. The highest BCUT2D eigenvalue weighted by molar-refractivity contribution is 5.99. The number of pyridine rings is 1. The molecule has 1 saturated carbocycles. The lowest BCUT2D eigenvalue weighted by atomic mass is 9.79. The van der Waals surface area contributed by atoms with Gasteiger partial charge in [-0.1, -0.05) is 31.4 Å². The Morgan fingerprint density at radius 1 is 1.03 bits per heavy atom. The van der Waals surface area contributed by atoms with Gasteiger partial charge in [-0.3, -0.25) is 14.4 Å². The molecule has 1 N–H and O–H groups in total. The van der Waals surface area contributed by atoms with Crippen molar-refractivity contribution in [3.63, 3.8) is 0 Å². The van der Waals surface area contributed by atoms with Crippen LogP contribution in [0.3, 0.4) is 0 Å². The Balaban J connectivity index is 1.42. The van der Waals surface area contributed by atoms with Gasteiger partial charge in [0.25, 0.3) is 0 Å². The maximum absolute atomic E-state index is 13.6. The van der Waals surface area contributed by atoms with E-state index < -0.39 is 5.54 Å². The molecule has 1 aliphatic heterocycles. The first kappa shape index (κ1) is 20.2. The van der Waals surface area contributed by atoms with Crippen molar-refractivity contribution in [3.05, 3.63) is 42.9 Å². The summed E-state index contributed by atoms with van der Waals surface area (Å²) in [5.41, 5.74) is 1.72. The number of aryl methyl sites for hydroxylation is 1. The summed E-state index contributed by atoms with van der Waals surface area (Å²) in [7, 11) is 1.91. The minimum Gasteiger partial charge on any atom is -0.379 e. The zero-order valence-corrected chi connectivity index (χ0v) is 18.0. The van der Waals surface area contributed by atoms with Gasteiger partial charge in [0.15, 0.2) is 0 Å². The van der Waals surface area contributed by atoms with E-state index in [9.17, 15) is 4.79 Å². The normalized spacial score (nSPS) is 19.4. The molecular formula is C24H29N5O2. The van der Waals surface area contributed by atoms with E-state index in [0.29, 0.717) is 19.0 Å². The monoisotopic (exact) mass is 419 g/mol. The zero-order chi connectivity index (χ0) is 21.3. The largest absolute Gasteiger partial charge is 0.379 e. The van der Waals surface area contributed by atoms with Crippen molar-refractivity contribution in [2.45, 2.75) is 37.6 Å². The van der Waals surface area contributed by atoms with Crippen LogP contribution in [-0.4, -0.2) is 57.4 Å². The Morgan fingerprint density at radius 3 is 2.58 bits per heavy atom. The number of aromatic nitrogens is 3. The molecule has 3 aromatic rings. The first-order valence-corrected chi connectivity index (χ1v) is 11.2. The number of rotatable bonds is 4. The molecule has 1 saturated heterocycles. The Morgan fingerprint density at radius 2 is 1.84 bits per heavy atom. The molecule has 0 bridgehead atoms. The van der Waals surface area contributed by atoms with E-state index in [2.05, 4.69) is 38.5 Å². The van der Waals surface area contributed by atoms with Crippen molar-refractivity contribution in [1.82, 2.24) is 19.7 Å². The van der Waals surface area contributed by atoms with E-state index in [1.54, 1.807) is 4.68 Å². The third-order valence-corrected chi connectivity index (χ3v) is 6.72. The summed E-state index contributed by atoms with van der Waals surface area (Å²) in [5, 5.41) is 9.52. The average molecular weight is 420 g/mol. The topological polar surface area (TPSA) is 72.3 Å². The second kappa shape index (κ2) is 8.40. The molecule has 1 amide bonds. The summed E-state index contributed by atoms with van der Waals surface area (Å²) in [4.78, 5) is 20.4. The summed E-state index contributed by atoms with van der Waals surface area (Å²) in [6.45, 7) is 3.01. The maximum atomic E-state index is 13.6. The van der Waals surface area contributed by atoms with Crippen LogP contribution in [-0.2, 0) is 16.6 Å². The molecule has 0 unspecified atom stereocenters. The van der Waals surface area contributed by atoms with E-state index >= 15 is 0 Å². The number of morpholine rings is 1. The molecule has 7 nitrogen and oxygen atoms in total. The van der Waals surface area contributed by atoms with Gasteiger partial charge >= 0.3 is 0 Å². The molecule has 5 rings (SSSR count). The molecule has 3 heterocycles. The number of amides is 1. The number of benzene rings is 1. The van der Waals surface area contributed by atoms with E-state index in [1.807, 2.05) is 31.7 Å². The van der Waals surface area contributed by atoms with Gasteiger partial charge in [-0.2, -0.15) is 5.10 Å². The Kier molecular flexibility index (Phi) is 5.46. The molecular weight excluding hydrogens is 390 g/mol. The number of hydrogen-bond acceptors (Lipinski definition) is 5. The van der Waals surface area contributed by atoms with E-state index in [4.69, 9.17) is 4.74 Å². The maximum Gasteiger partial charge on any atom is 0.246 e. The molecule has 2 fully saturated rings. The van der Waals surface area contributed by atoms with Gasteiger partial charge in [0, 0.05) is 43.5 Å². The number of carbonyl (C=O) groups excluding carboxylic acids is 1. The van der Waals surface area contributed by atoms with Crippen LogP contribution in [0.1, 0.15) is 32.1 Å². The molecule has 1 aliphatic carbocycles. The van der Waals surface area contributed by atoms with Crippen LogP contribution in [0.25, 0.3) is 21.9 Å². The number of nitrogens with one attached hydrogen (secondary N) is 1. The molecule has 1 aromatic carbocycles. The lowest BCUT2D eigenvalue weighted by Crippen LogP contribution is -2.60. The molecule has 162 valence electrons. The third-order valence-electron chi connectivity index (χ3n) is 6.72. The summed E-state index contributed by atoms with van der Waals surface area (Å²) in [5.74, 6) is 0.684. The van der Waals surface area contributed by atoms with Gasteiger partial charge < -0.3 is 10.1 Å². The lowest BCUT2D eigenvalue weighted by molar-refractivity contribution is -0.134. The Bertz CT molecular complexity index is 1080. The van der Waals surface area contributed by atoms with Crippen LogP contribution < -0.4 is 5.32 Å². The molecule has 0 spiro atoms. The van der Waals surface area contributed by atoms with Crippen LogP contribution in [0.5, 0.6) is 0 Å². The molecule has 0 radical (unpaired) electrons. The van der Waals surface area contributed by atoms with E-state index in [0.717, 1.165) is 60.7 Å². The second-order valence-corrected chi connectivity index (χ2v) is 8.68. The Hall–Kier alpha value is -2.77. The summed E-state index contributed by atoms with van der Waals surface area (Å²) < 4.78 is 7.34. The summed E-state index contributed by atoms with van der Waals surface area (Å²) >= 11 is 0. The first-order chi connectivity index (χ1) is 15.1. The van der Waals surface area contributed by atoms with Crippen LogP contribution in [0.4, 0.5) is 5.82 Å². The van der Waals surface area contributed by atoms with Crippen LogP contribution in [0, 0.1) is 0 Å². The summed E-state index contributed by atoms with van der Waals surface area (Å²) in [6.07, 6.45) is 10.9.